The zero-order valence-corrected chi connectivity index (χ0v) is 23.4. The number of carbonyl (C=O) groups is 1. The Kier molecular flexibility index (Phi) is 7.14. The smallest absolute Gasteiger partial charge is 0.332 e. The number of phenols is 1. The molecule has 8 heteroatoms. The predicted octanol–water partition coefficient (Wildman–Crippen LogP) is 5.60. The van der Waals surface area contributed by atoms with Gasteiger partial charge in [0.05, 0.1) is 10.7 Å². The summed E-state index contributed by atoms with van der Waals surface area (Å²) >= 11 is 6.59. The van der Waals surface area contributed by atoms with Crippen LogP contribution in [0.3, 0.4) is 0 Å². The highest BCUT2D eigenvalue weighted by Crippen LogP contribution is 2.41. The van der Waals surface area contributed by atoms with Crippen LogP contribution in [-0.2, 0) is 7.05 Å². The molecule has 0 saturated carbocycles. The highest BCUT2D eigenvalue weighted by Gasteiger charge is 2.26. The van der Waals surface area contributed by atoms with Crippen molar-refractivity contribution in [2.45, 2.75) is 26.3 Å². The van der Waals surface area contributed by atoms with Gasteiger partial charge in [0.2, 0.25) is 0 Å². The standard InChI is InChI=1S/C31H33ClN4O3/c1-31(2,3)35-13-11-34(12-14-35)24-7-5-6-22(18-24)25-16-21(20-37)17-26(29(25)38)23-8-9-28(27(32)19-23)36-15-10-33(4)30(36)39/h5-10,15-20,38H,11-14H2,1-4H3. The van der Waals surface area contributed by atoms with E-state index in [4.69, 9.17) is 11.6 Å². The molecule has 1 aliphatic rings. The number of phenolic OH excluding ortho intramolecular Hbond substituents is 1. The van der Waals surface area contributed by atoms with Crippen LogP contribution in [0.2, 0.25) is 5.02 Å². The third kappa shape index (κ3) is 5.24. The van der Waals surface area contributed by atoms with Gasteiger partial charge in [-0.1, -0.05) is 29.8 Å². The van der Waals surface area contributed by atoms with E-state index in [1.807, 2.05) is 12.1 Å². The van der Waals surface area contributed by atoms with Gasteiger partial charge in [0.15, 0.2) is 0 Å². The van der Waals surface area contributed by atoms with Crippen molar-refractivity contribution in [1.29, 1.82) is 0 Å². The van der Waals surface area contributed by atoms with Gasteiger partial charge >= 0.3 is 5.69 Å². The van der Waals surface area contributed by atoms with Crippen molar-refractivity contribution in [3.05, 3.63) is 88.1 Å². The Labute approximate surface area is 233 Å². The van der Waals surface area contributed by atoms with Crippen LogP contribution in [-0.4, -0.2) is 57.1 Å². The minimum atomic E-state index is -0.211. The number of nitrogens with zero attached hydrogens (tertiary/aromatic N) is 4. The zero-order chi connectivity index (χ0) is 27.9. The van der Waals surface area contributed by atoms with Crippen LogP contribution in [0.5, 0.6) is 5.75 Å². The third-order valence-corrected chi connectivity index (χ3v) is 7.79. The summed E-state index contributed by atoms with van der Waals surface area (Å²) in [4.78, 5) is 29.1. The molecule has 0 radical (unpaired) electrons. The highest BCUT2D eigenvalue weighted by atomic mass is 35.5. The van der Waals surface area contributed by atoms with Gasteiger partial charge in [0.25, 0.3) is 0 Å². The first-order valence-electron chi connectivity index (χ1n) is 13.0. The van der Waals surface area contributed by atoms with Gasteiger partial charge in [-0.15, -0.1) is 0 Å². The number of hydrogen-bond donors (Lipinski definition) is 1. The van der Waals surface area contributed by atoms with E-state index in [1.165, 1.54) is 9.13 Å². The molecule has 202 valence electrons. The van der Waals surface area contributed by atoms with Gasteiger partial charge in [-0.3, -0.25) is 14.3 Å². The Morgan fingerprint density at radius 3 is 2.13 bits per heavy atom. The maximum atomic E-state index is 12.4. The first-order chi connectivity index (χ1) is 18.6. The Balaban J connectivity index is 1.50. The second-order valence-corrected chi connectivity index (χ2v) is 11.4. The van der Waals surface area contributed by atoms with Crippen molar-refractivity contribution < 1.29 is 9.90 Å². The first kappa shape index (κ1) is 26.8. The topological polar surface area (TPSA) is 70.7 Å². The summed E-state index contributed by atoms with van der Waals surface area (Å²) < 4.78 is 2.93. The summed E-state index contributed by atoms with van der Waals surface area (Å²) in [5.74, 6) is 0.0657. The van der Waals surface area contributed by atoms with Crippen LogP contribution < -0.4 is 10.6 Å². The van der Waals surface area contributed by atoms with Gasteiger partial charge in [-0.2, -0.15) is 0 Å². The number of aromatic hydroxyl groups is 1. The maximum Gasteiger partial charge on any atom is 0.332 e. The molecule has 0 atom stereocenters. The van der Waals surface area contributed by atoms with E-state index in [0.717, 1.165) is 43.7 Å². The van der Waals surface area contributed by atoms with Crippen molar-refractivity contribution in [3.63, 3.8) is 0 Å². The number of halogens is 1. The largest absolute Gasteiger partial charge is 0.507 e. The summed E-state index contributed by atoms with van der Waals surface area (Å²) in [5, 5.41) is 11.8. The lowest BCUT2D eigenvalue weighted by Gasteiger charge is -2.43. The lowest BCUT2D eigenvalue weighted by Crippen LogP contribution is -2.53. The third-order valence-electron chi connectivity index (χ3n) is 7.48. The van der Waals surface area contributed by atoms with E-state index in [-0.39, 0.29) is 17.0 Å². The zero-order valence-electron chi connectivity index (χ0n) is 22.7. The molecular formula is C31H33ClN4O3. The Bertz CT molecular complexity index is 1590. The monoisotopic (exact) mass is 544 g/mol. The lowest BCUT2D eigenvalue weighted by molar-refractivity contribution is 0.112. The lowest BCUT2D eigenvalue weighted by atomic mass is 9.94. The normalized spacial score (nSPS) is 14.5. The van der Waals surface area contributed by atoms with Crippen LogP contribution in [0.4, 0.5) is 5.69 Å². The van der Waals surface area contributed by atoms with Crippen molar-refractivity contribution in [2.75, 3.05) is 31.1 Å². The van der Waals surface area contributed by atoms with E-state index in [1.54, 1.807) is 49.8 Å². The van der Waals surface area contributed by atoms with Crippen molar-refractivity contribution in [3.8, 4) is 33.7 Å². The average molecular weight is 545 g/mol. The second kappa shape index (κ2) is 10.4. The molecule has 0 aliphatic carbocycles. The number of anilines is 1. The van der Waals surface area contributed by atoms with E-state index < -0.39 is 0 Å². The molecule has 39 heavy (non-hydrogen) atoms. The number of imidazole rings is 1. The fourth-order valence-electron chi connectivity index (χ4n) is 5.19. The number of aldehydes is 1. The molecular weight excluding hydrogens is 512 g/mol. The molecule has 1 N–H and O–H groups in total. The fraction of sp³-hybridized carbons (Fsp3) is 0.290. The number of piperazine rings is 1. The highest BCUT2D eigenvalue weighted by molar-refractivity contribution is 6.32. The molecule has 7 nitrogen and oxygen atoms in total. The molecule has 1 fully saturated rings. The van der Waals surface area contributed by atoms with E-state index in [9.17, 15) is 14.7 Å². The Hall–Kier alpha value is -3.81. The molecule has 5 rings (SSSR count). The van der Waals surface area contributed by atoms with E-state index in [0.29, 0.717) is 33.0 Å². The molecule has 2 heterocycles. The molecule has 0 amide bonds. The molecule has 3 aromatic carbocycles. The molecule has 1 aromatic heterocycles. The Morgan fingerprint density at radius 1 is 0.897 bits per heavy atom. The molecule has 0 unspecified atom stereocenters. The van der Waals surface area contributed by atoms with Crippen LogP contribution in [0.15, 0.2) is 71.8 Å². The number of rotatable bonds is 5. The number of hydrogen-bond acceptors (Lipinski definition) is 5. The summed E-state index contributed by atoms with van der Waals surface area (Å²) in [6, 6.07) is 16.7. The average Bonchev–Trinajstić information content (AvgIpc) is 3.26. The van der Waals surface area contributed by atoms with Crippen LogP contribution in [0.25, 0.3) is 27.9 Å². The predicted molar refractivity (Wildman–Crippen MR) is 157 cm³/mol. The molecule has 0 bridgehead atoms. The summed E-state index contributed by atoms with van der Waals surface area (Å²) in [6.07, 6.45) is 4.10. The molecule has 4 aromatic rings. The van der Waals surface area contributed by atoms with Crippen molar-refractivity contribution in [2.24, 2.45) is 7.05 Å². The number of aromatic nitrogens is 2. The van der Waals surface area contributed by atoms with Crippen molar-refractivity contribution in [1.82, 2.24) is 14.0 Å². The van der Waals surface area contributed by atoms with E-state index >= 15 is 0 Å². The van der Waals surface area contributed by atoms with Gasteiger partial charge in [-0.05, 0) is 68.3 Å². The van der Waals surface area contributed by atoms with Crippen LogP contribution >= 0.6 is 11.6 Å². The summed E-state index contributed by atoms with van der Waals surface area (Å²) in [5.41, 5.74) is 4.53. The van der Waals surface area contributed by atoms with Gasteiger partial charge in [0, 0.05) is 73.5 Å². The number of benzene rings is 3. The second-order valence-electron chi connectivity index (χ2n) is 11.0. The minimum Gasteiger partial charge on any atom is -0.507 e. The fourth-order valence-corrected chi connectivity index (χ4v) is 5.46. The number of carbonyl (C=O) groups excluding carboxylic acids is 1. The van der Waals surface area contributed by atoms with E-state index in [2.05, 4.69) is 42.7 Å². The van der Waals surface area contributed by atoms with Crippen LogP contribution in [0.1, 0.15) is 31.1 Å². The molecule has 1 saturated heterocycles. The summed E-state index contributed by atoms with van der Waals surface area (Å²) in [7, 11) is 1.67. The van der Waals surface area contributed by atoms with Crippen LogP contribution in [0, 0.1) is 0 Å². The molecule has 0 spiro atoms. The van der Waals surface area contributed by atoms with Crippen molar-refractivity contribution >= 4 is 23.6 Å². The van der Waals surface area contributed by atoms with Gasteiger partial charge < -0.3 is 14.6 Å². The quantitative estimate of drug-likeness (QED) is 0.331. The first-order valence-corrected chi connectivity index (χ1v) is 13.4. The SMILES string of the molecule is Cn1ccn(-c2ccc(-c3cc(C=O)cc(-c4cccc(N5CCN(C(C)(C)C)CC5)c4)c3O)cc2Cl)c1=O. The maximum absolute atomic E-state index is 12.4. The molecule has 1 aliphatic heterocycles. The van der Waals surface area contributed by atoms with Gasteiger partial charge in [0.1, 0.15) is 12.0 Å². The number of aryl methyl sites for hydroxylation is 1. The summed E-state index contributed by atoms with van der Waals surface area (Å²) in [6.45, 7) is 10.5. The van der Waals surface area contributed by atoms with Gasteiger partial charge in [-0.25, -0.2) is 4.79 Å². The minimum absolute atomic E-state index is 0.0657. The Morgan fingerprint density at radius 2 is 1.56 bits per heavy atom.